The van der Waals surface area contributed by atoms with E-state index < -0.39 is 7.82 Å². The minimum absolute atomic E-state index is 0.603. The first-order chi connectivity index (χ1) is 10.5. The fraction of sp³-hybridized carbons (Fsp3) is 1.00. The summed E-state index contributed by atoms with van der Waals surface area (Å²) in [5.74, 6) is 0. The second-order valence-corrected chi connectivity index (χ2v) is 7.18. The van der Waals surface area contributed by atoms with Crippen molar-refractivity contribution in [2.45, 2.75) is 90.9 Å². The van der Waals surface area contributed by atoms with Crippen molar-refractivity contribution >= 4 is 7.82 Å². The van der Waals surface area contributed by atoms with Gasteiger partial charge < -0.3 is 9.79 Å². The van der Waals surface area contributed by atoms with E-state index in [2.05, 4.69) is 13.8 Å². The standard InChI is InChI=1S/C16H36NO4P/c1-3-5-7-9-11-13-15-17(21-22(18,19)20)16-14-12-10-8-6-4-2/h3-16H2,1-2H3,(H2,18,19,20). The van der Waals surface area contributed by atoms with Crippen LogP contribution in [0, 0.1) is 0 Å². The molecule has 0 fully saturated rings. The number of hydrogen-bond acceptors (Lipinski definition) is 3. The Balaban J connectivity index is 3.83. The molecule has 134 valence electrons. The highest BCUT2D eigenvalue weighted by Gasteiger charge is 2.20. The summed E-state index contributed by atoms with van der Waals surface area (Å²) >= 11 is 0. The molecule has 0 atom stereocenters. The number of unbranched alkanes of at least 4 members (excludes halogenated alkanes) is 10. The first kappa shape index (κ1) is 22.1. The van der Waals surface area contributed by atoms with Gasteiger partial charge in [-0.05, 0) is 12.8 Å². The quantitative estimate of drug-likeness (QED) is 0.235. The fourth-order valence-electron chi connectivity index (χ4n) is 2.48. The van der Waals surface area contributed by atoms with Crippen molar-refractivity contribution in [3.63, 3.8) is 0 Å². The molecule has 0 aromatic heterocycles. The third-order valence-electron chi connectivity index (χ3n) is 3.74. The van der Waals surface area contributed by atoms with E-state index in [1.54, 1.807) is 0 Å². The minimum atomic E-state index is -4.43. The Labute approximate surface area is 136 Å². The molecule has 5 nitrogen and oxygen atoms in total. The van der Waals surface area contributed by atoms with Gasteiger partial charge in [0.1, 0.15) is 0 Å². The van der Waals surface area contributed by atoms with Crippen molar-refractivity contribution in [1.82, 2.24) is 5.06 Å². The van der Waals surface area contributed by atoms with Crippen LogP contribution in [-0.4, -0.2) is 27.9 Å². The number of phosphoric acid groups is 1. The van der Waals surface area contributed by atoms with Gasteiger partial charge in [0.15, 0.2) is 0 Å². The van der Waals surface area contributed by atoms with Crippen LogP contribution in [0.4, 0.5) is 0 Å². The van der Waals surface area contributed by atoms with Crippen molar-refractivity contribution in [2.24, 2.45) is 0 Å². The molecule has 0 aliphatic carbocycles. The van der Waals surface area contributed by atoms with Crippen LogP contribution in [0.15, 0.2) is 0 Å². The molecular formula is C16H36NO4P. The van der Waals surface area contributed by atoms with Gasteiger partial charge >= 0.3 is 7.82 Å². The Morgan fingerprint density at radius 2 is 1.09 bits per heavy atom. The van der Waals surface area contributed by atoms with Gasteiger partial charge in [-0.1, -0.05) is 78.1 Å². The summed E-state index contributed by atoms with van der Waals surface area (Å²) in [4.78, 5) is 18.0. The molecule has 0 aromatic carbocycles. The third kappa shape index (κ3) is 16.4. The van der Waals surface area contributed by atoms with Gasteiger partial charge in [-0.3, -0.25) is 0 Å². The van der Waals surface area contributed by atoms with E-state index in [0.29, 0.717) is 13.1 Å². The highest BCUT2D eigenvalue weighted by molar-refractivity contribution is 7.46. The van der Waals surface area contributed by atoms with Gasteiger partial charge in [-0.25, -0.2) is 4.57 Å². The van der Waals surface area contributed by atoms with Gasteiger partial charge in [0.25, 0.3) is 0 Å². The zero-order chi connectivity index (χ0) is 16.7. The Morgan fingerprint density at radius 1 is 0.727 bits per heavy atom. The van der Waals surface area contributed by atoms with Gasteiger partial charge in [0, 0.05) is 13.1 Å². The summed E-state index contributed by atoms with van der Waals surface area (Å²) in [7, 11) is -4.43. The average Bonchev–Trinajstić information content (AvgIpc) is 2.44. The Morgan fingerprint density at radius 3 is 1.45 bits per heavy atom. The molecule has 0 heterocycles. The minimum Gasteiger partial charge on any atom is -0.302 e. The van der Waals surface area contributed by atoms with Crippen LogP contribution in [0.25, 0.3) is 0 Å². The van der Waals surface area contributed by atoms with E-state index in [1.165, 1.54) is 56.4 Å². The van der Waals surface area contributed by atoms with Crippen LogP contribution in [0.2, 0.25) is 0 Å². The molecular weight excluding hydrogens is 301 g/mol. The lowest BCUT2D eigenvalue weighted by molar-refractivity contribution is -0.0829. The number of hydroxylamine groups is 2. The SMILES string of the molecule is CCCCCCCCN(CCCCCCCC)OP(=O)(O)O. The number of hydrogen-bond donors (Lipinski definition) is 2. The first-order valence-corrected chi connectivity index (χ1v) is 10.5. The lowest BCUT2D eigenvalue weighted by Gasteiger charge is -2.21. The van der Waals surface area contributed by atoms with Crippen molar-refractivity contribution < 1.29 is 19.0 Å². The van der Waals surface area contributed by atoms with Crippen LogP contribution >= 0.6 is 7.82 Å². The van der Waals surface area contributed by atoms with Crippen LogP contribution < -0.4 is 0 Å². The van der Waals surface area contributed by atoms with Crippen molar-refractivity contribution in [1.29, 1.82) is 0 Å². The lowest BCUT2D eigenvalue weighted by Crippen LogP contribution is -2.25. The Kier molecular flexibility index (Phi) is 14.7. The van der Waals surface area contributed by atoms with E-state index in [-0.39, 0.29) is 0 Å². The van der Waals surface area contributed by atoms with Gasteiger partial charge in [-0.15, -0.1) is 0 Å². The zero-order valence-electron chi connectivity index (χ0n) is 14.5. The first-order valence-electron chi connectivity index (χ1n) is 8.99. The second kappa shape index (κ2) is 14.6. The average molecular weight is 337 g/mol. The van der Waals surface area contributed by atoms with Crippen LogP contribution in [0.3, 0.4) is 0 Å². The van der Waals surface area contributed by atoms with E-state index >= 15 is 0 Å². The predicted octanol–water partition coefficient (Wildman–Crippen LogP) is 5.03. The molecule has 0 saturated carbocycles. The molecule has 6 heteroatoms. The summed E-state index contributed by atoms with van der Waals surface area (Å²) in [6.45, 7) is 5.59. The normalized spacial score (nSPS) is 12.2. The maximum Gasteiger partial charge on any atom is 0.486 e. The smallest absolute Gasteiger partial charge is 0.302 e. The molecule has 0 aliphatic rings. The molecule has 22 heavy (non-hydrogen) atoms. The molecule has 0 radical (unpaired) electrons. The largest absolute Gasteiger partial charge is 0.486 e. The van der Waals surface area contributed by atoms with E-state index in [1.807, 2.05) is 0 Å². The predicted molar refractivity (Wildman–Crippen MR) is 91.5 cm³/mol. The molecule has 2 N–H and O–H groups in total. The van der Waals surface area contributed by atoms with Crippen LogP contribution in [-0.2, 0) is 9.19 Å². The Hall–Kier alpha value is 0.0700. The number of nitrogens with zero attached hydrogens (tertiary/aromatic N) is 1. The summed E-state index contributed by atoms with van der Waals surface area (Å²) in [5, 5.41) is 1.47. The van der Waals surface area contributed by atoms with Crippen molar-refractivity contribution in [3.05, 3.63) is 0 Å². The summed E-state index contributed by atoms with van der Waals surface area (Å²) in [6.07, 6.45) is 13.9. The summed E-state index contributed by atoms with van der Waals surface area (Å²) in [5.41, 5.74) is 0. The lowest BCUT2D eigenvalue weighted by atomic mass is 10.1. The highest BCUT2D eigenvalue weighted by Crippen LogP contribution is 2.37. The van der Waals surface area contributed by atoms with Crippen molar-refractivity contribution in [2.75, 3.05) is 13.1 Å². The maximum atomic E-state index is 11.0. The van der Waals surface area contributed by atoms with E-state index in [4.69, 9.17) is 14.4 Å². The zero-order valence-corrected chi connectivity index (χ0v) is 15.4. The molecule has 0 unspecified atom stereocenters. The molecule has 0 rings (SSSR count). The molecule has 0 aliphatic heterocycles. The number of rotatable bonds is 16. The van der Waals surface area contributed by atoms with Crippen LogP contribution in [0.5, 0.6) is 0 Å². The third-order valence-corrected chi connectivity index (χ3v) is 4.19. The summed E-state index contributed by atoms with van der Waals surface area (Å²) in [6, 6.07) is 0. The second-order valence-electron chi connectivity index (χ2n) is 6.04. The Bertz CT molecular complexity index is 267. The van der Waals surface area contributed by atoms with E-state index in [9.17, 15) is 4.57 Å². The molecule has 0 amide bonds. The van der Waals surface area contributed by atoms with Gasteiger partial charge in [0.2, 0.25) is 0 Å². The topological polar surface area (TPSA) is 70.0 Å². The van der Waals surface area contributed by atoms with E-state index in [0.717, 1.165) is 25.7 Å². The van der Waals surface area contributed by atoms with Crippen molar-refractivity contribution in [3.8, 4) is 0 Å². The molecule has 0 bridgehead atoms. The fourth-order valence-corrected chi connectivity index (χ4v) is 2.94. The molecule has 0 spiro atoms. The van der Waals surface area contributed by atoms with Gasteiger partial charge in [0.05, 0.1) is 0 Å². The monoisotopic (exact) mass is 337 g/mol. The highest BCUT2D eigenvalue weighted by atomic mass is 31.2. The van der Waals surface area contributed by atoms with Crippen LogP contribution in [0.1, 0.15) is 90.9 Å². The van der Waals surface area contributed by atoms with Gasteiger partial charge in [-0.2, -0.15) is 9.69 Å². The molecule has 0 saturated heterocycles. The molecule has 0 aromatic rings. The summed E-state index contributed by atoms with van der Waals surface area (Å²) < 4.78 is 15.8. The maximum absolute atomic E-state index is 11.0.